The number of rotatable bonds is 4. The zero-order valence-electron chi connectivity index (χ0n) is 14.0. The highest BCUT2D eigenvalue weighted by Gasteiger charge is 2.17. The van der Waals surface area contributed by atoms with Crippen LogP contribution in [0.25, 0.3) is 0 Å². The predicted octanol–water partition coefficient (Wildman–Crippen LogP) is 4.37. The van der Waals surface area contributed by atoms with E-state index in [1.54, 1.807) is 11.3 Å². The third-order valence-corrected chi connectivity index (χ3v) is 4.84. The molecule has 2 rings (SSSR count). The van der Waals surface area contributed by atoms with Crippen molar-refractivity contribution in [2.45, 2.75) is 53.0 Å². The zero-order valence-corrected chi connectivity index (χ0v) is 14.8. The summed E-state index contributed by atoms with van der Waals surface area (Å²) in [6.07, 6.45) is 2.93. The average molecular weight is 302 g/mol. The molecular weight excluding hydrogens is 276 g/mol. The van der Waals surface area contributed by atoms with Gasteiger partial charge in [0.1, 0.15) is 0 Å². The molecule has 1 aromatic heterocycles. The Morgan fingerprint density at radius 3 is 2.29 bits per heavy atom. The second kappa shape index (κ2) is 6.29. The summed E-state index contributed by atoms with van der Waals surface area (Å²) < 4.78 is 0. The van der Waals surface area contributed by atoms with E-state index in [2.05, 4.69) is 57.1 Å². The highest BCUT2D eigenvalue weighted by molar-refractivity contribution is 7.11. The van der Waals surface area contributed by atoms with Crippen molar-refractivity contribution < 1.29 is 0 Å². The molecule has 1 N–H and O–H groups in total. The van der Waals surface area contributed by atoms with E-state index in [9.17, 15) is 0 Å². The minimum atomic E-state index is 0.204. The summed E-state index contributed by atoms with van der Waals surface area (Å²) in [7, 11) is 1.97. The fourth-order valence-electron chi connectivity index (χ4n) is 2.54. The molecule has 114 valence electrons. The van der Waals surface area contributed by atoms with Crippen molar-refractivity contribution in [2.24, 2.45) is 0 Å². The molecule has 0 atom stereocenters. The maximum absolute atomic E-state index is 4.56. The molecule has 0 unspecified atom stereocenters. The van der Waals surface area contributed by atoms with E-state index in [1.165, 1.54) is 32.1 Å². The smallest absolute Gasteiger partial charge is 0.0972 e. The molecule has 0 saturated heterocycles. The maximum atomic E-state index is 4.56. The van der Waals surface area contributed by atoms with Crippen LogP contribution in [0.3, 0.4) is 0 Å². The van der Waals surface area contributed by atoms with E-state index in [1.807, 2.05) is 13.2 Å². The Morgan fingerprint density at radius 1 is 1.14 bits per heavy atom. The molecular formula is C18H26N2S. The summed E-state index contributed by atoms with van der Waals surface area (Å²) in [4.78, 5) is 5.86. The average Bonchev–Trinajstić information content (AvgIpc) is 2.80. The number of nitrogens with one attached hydrogen (secondary N) is 1. The molecule has 2 nitrogen and oxygen atoms in total. The van der Waals surface area contributed by atoms with E-state index in [0.29, 0.717) is 0 Å². The first-order valence-corrected chi connectivity index (χ1v) is 8.31. The number of hydrogen-bond donors (Lipinski definition) is 1. The van der Waals surface area contributed by atoms with E-state index in [-0.39, 0.29) is 5.41 Å². The summed E-state index contributed by atoms with van der Waals surface area (Å²) in [5.41, 5.74) is 5.80. The molecule has 0 aliphatic rings. The molecule has 1 aromatic carbocycles. The van der Waals surface area contributed by atoms with Crippen molar-refractivity contribution in [1.29, 1.82) is 0 Å². The van der Waals surface area contributed by atoms with Gasteiger partial charge in [0.05, 0.1) is 5.01 Å². The minimum Gasteiger partial charge on any atom is -0.315 e. The van der Waals surface area contributed by atoms with Crippen LogP contribution in [0.4, 0.5) is 0 Å². The van der Waals surface area contributed by atoms with E-state index >= 15 is 0 Å². The topological polar surface area (TPSA) is 24.9 Å². The van der Waals surface area contributed by atoms with E-state index < -0.39 is 0 Å². The van der Waals surface area contributed by atoms with Crippen molar-refractivity contribution in [2.75, 3.05) is 7.05 Å². The number of benzene rings is 1. The number of hydrogen-bond acceptors (Lipinski definition) is 3. The quantitative estimate of drug-likeness (QED) is 0.907. The molecule has 0 saturated carbocycles. The lowest BCUT2D eigenvalue weighted by molar-refractivity contribution is 0.589. The fourth-order valence-corrected chi connectivity index (χ4v) is 3.49. The molecule has 0 amide bonds. The summed E-state index contributed by atoms with van der Waals surface area (Å²) >= 11 is 1.81. The minimum absolute atomic E-state index is 0.204. The monoisotopic (exact) mass is 302 g/mol. The molecule has 0 radical (unpaired) electrons. The van der Waals surface area contributed by atoms with E-state index in [4.69, 9.17) is 0 Å². The predicted molar refractivity (Wildman–Crippen MR) is 92.3 cm³/mol. The Morgan fingerprint density at radius 2 is 1.76 bits per heavy atom. The Kier molecular flexibility index (Phi) is 4.84. The third-order valence-electron chi connectivity index (χ3n) is 3.84. The lowest BCUT2D eigenvalue weighted by atomic mass is 9.83. The maximum Gasteiger partial charge on any atom is 0.0972 e. The Hall–Kier alpha value is -1.19. The van der Waals surface area contributed by atoms with Crippen molar-refractivity contribution in [1.82, 2.24) is 10.3 Å². The van der Waals surface area contributed by atoms with Gasteiger partial charge in [-0.2, -0.15) is 0 Å². The number of aryl methyl sites for hydroxylation is 2. The highest BCUT2D eigenvalue weighted by Crippen LogP contribution is 2.28. The first-order chi connectivity index (χ1) is 9.81. The Labute approximate surface area is 132 Å². The largest absolute Gasteiger partial charge is 0.315 e. The van der Waals surface area contributed by atoms with Crippen LogP contribution in [0.5, 0.6) is 0 Å². The molecule has 3 heteroatoms. The van der Waals surface area contributed by atoms with Gasteiger partial charge in [-0.05, 0) is 48.6 Å². The standard InChI is InChI=1S/C18H26N2S/c1-12-7-14(18(3,4)5)8-13(2)16(12)9-17-20-11-15(21-17)10-19-6/h7-8,11,19H,9-10H2,1-6H3. The van der Waals surface area contributed by atoms with Crippen LogP contribution in [0.2, 0.25) is 0 Å². The lowest BCUT2D eigenvalue weighted by Gasteiger charge is -2.22. The van der Waals surface area contributed by atoms with Gasteiger partial charge in [0.15, 0.2) is 0 Å². The molecule has 0 bridgehead atoms. The molecule has 0 fully saturated rings. The number of aromatic nitrogens is 1. The number of thiazole rings is 1. The summed E-state index contributed by atoms with van der Waals surface area (Å²) in [5, 5.41) is 4.38. The second-order valence-corrected chi connectivity index (χ2v) is 7.97. The third kappa shape index (κ3) is 3.92. The van der Waals surface area contributed by atoms with Crippen molar-refractivity contribution in [3.63, 3.8) is 0 Å². The molecule has 0 aliphatic heterocycles. The van der Waals surface area contributed by atoms with Crippen LogP contribution >= 0.6 is 11.3 Å². The Bertz CT molecular complexity index is 597. The second-order valence-electron chi connectivity index (χ2n) is 6.77. The summed E-state index contributed by atoms with van der Waals surface area (Å²) in [6, 6.07) is 4.68. The van der Waals surface area contributed by atoms with Crippen molar-refractivity contribution in [3.05, 3.63) is 50.5 Å². The lowest BCUT2D eigenvalue weighted by Crippen LogP contribution is -2.12. The molecule has 1 heterocycles. The van der Waals surface area contributed by atoms with Crippen LogP contribution in [-0.4, -0.2) is 12.0 Å². The first-order valence-electron chi connectivity index (χ1n) is 7.50. The molecule has 2 aromatic rings. The molecule has 21 heavy (non-hydrogen) atoms. The van der Waals surface area contributed by atoms with E-state index in [0.717, 1.165) is 13.0 Å². The van der Waals surface area contributed by atoms with Crippen molar-refractivity contribution >= 4 is 11.3 Å². The van der Waals surface area contributed by atoms with Gasteiger partial charge in [-0.25, -0.2) is 4.98 Å². The van der Waals surface area contributed by atoms with Gasteiger partial charge >= 0.3 is 0 Å². The zero-order chi connectivity index (χ0) is 15.6. The van der Waals surface area contributed by atoms with Gasteiger partial charge in [-0.1, -0.05) is 32.9 Å². The highest BCUT2D eigenvalue weighted by atomic mass is 32.1. The molecule has 0 aliphatic carbocycles. The van der Waals surface area contributed by atoms with Crippen molar-refractivity contribution in [3.8, 4) is 0 Å². The van der Waals surface area contributed by atoms with Gasteiger partial charge in [-0.15, -0.1) is 11.3 Å². The summed E-state index contributed by atoms with van der Waals surface area (Å²) in [6.45, 7) is 12.2. The first kappa shape index (κ1) is 16.2. The van der Waals surface area contributed by atoms with Crippen LogP contribution in [0.15, 0.2) is 18.3 Å². The number of nitrogens with zero attached hydrogens (tertiary/aromatic N) is 1. The van der Waals surface area contributed by atoms with Crippen LogP contribution < -0.4 is 5.32 Å². The van der Waals surface area contributed by atoms with Crippen LogP contribution in [0.1, 0.15) is 52.9 Å². The van der Waals surface area contributed by atoms with Gasteiger partial charge in [-0.3, -0.25) is 0 Å². The van der Waals surface area contributed by atoms with Gasteiger partial charge < -0.3 is 5.32 Å². The summed E-state index contributed by atoms with van der Waals surface area (Å²) in [5.74, 6) is 0. The van der Waals surface area contributed by atoms with Crippen LogP contribution in [0, 0.1) is 13.8 Å². The fraction of sp³-hybridized carbons (Fsp3) is 0.500. The van der Waals surface area contributed by atoms with Gasteiger partial charge in [0.2, 0.25) is 0 Å². The van der Waals surface area contributed by atoms with Gasteiger partial charge in [0, 0.05) is 24.0 Å². The normalized spacial score (nSPS) is 11.9. The van der Waals surface area contributed by atoms with Crippen LogP contribution in [-0.2, 0) is 18.4 Å². The van der Waals surface area contributed by atoms with Gasteiger partial charge in [0.25, 0.3) is 0 Å². The Balaban J connectivity index is 2.27. The molecule has 0 spiro atoms. The SMILES string of the molecule is CNCc1cnc(Cc2c(C)cc(C(C)(C)C)cc2C)s1.